The van der Waals surface area contributed by atoms with Crippen LogP contribution in [0.3, 0.4) is 0 Å². The summed E-state index contributed by atoms with van der Waals surface area (Å²) in [5.74, 6) is 0.670. The highest BCUT2D eigenvalue weighted by atomic mass is 35.5. The second-order valence-corrected chi connectivity index (χ2v) is 4.57. The lowest BCUT2D eigenvalue weighted by atomic mass is 10.1. The third-order valence-corrected chi connectivity index (χ3v) is 3.03. The molecular formula is C14H18ClN3. The zero-order valence-electron chi connectivity index (χ0n) is 10.6. The van der Waals surface area contributed by atoms with Crippen LogP contribution in [-0.2, 0) is 19.5 Å². The lowest BCUT2D eigenvalue weighted by Crippen LogP contribution is -1.99. The largest absolute Gasteiger partial charge is 0.381 e. The zero-order valence-corrected chi connectivity index (χ0v) is 11.3. The van der Waals surface area contributed by atoms with E-state index in [9.17, 15) is 0 Å². The van der Waals surface area contributed by atoms with E-state index in [0.29, 0.717) is 5.88 Å². The minimum atomic E-state index is 0.670. The number of benzene rings is 1. The molecule has 3 nitrogen and oxygen atoms in total. The van der Waals surface area contributed by atoms with Gasteiger partial charge in [0.15, 0.2) is 0 Å². The van der Waals surface area contributed by atoms with E-state index in [1.165, 1.54) is 11.1 Å². The van der Waals surface area contributed by atoms with Crippen LogP contribution in [0.25, 0.3) is 0 Å². The van der Waals surface area contributed by atoms with Gasteiger partial charge in [0, 0.05) is 36.4 Å². The molecule has 0 unspecified atom stereocenters. The molecule has 0 bridgehead atoms. The standard InChI is InChI=1S/C14H18ClN3/c1-2-18-11-13(10-17-18)9-16-14-5-3-12(4-6-14)7-8-15/h3-6,10-11,16H,2,7-9H2,1H3. The van der Waals surface area contributed by atoms with Gasteiger partial charge in [-0.1, -0.05) is 12.1 Å². The Morgan fingerprint density at radius 2 is 2.00 bits per heavy atom. The van der Waals surface area contributed by atoms with E-state index >= 15 is 0 Å². The molecule has 0 aliphatic heterocycles. The minimum absolute atomic E-state index is 0.670. The molecule has 18 heavy (non-hydrogen) atoms. The van der Waals surface area contributed by atoms with Gasteiger partial charge in [-0.3, -0.25) is 4.68 Å². The Morgan fingerprint density at radius 3 is 2.61 bits per heavy atom. The molecule has 0 fully saturated rings. The molecule has 1 aromatic carbocycles. The van der Waals surface area contributed by atoms with Crippen molar-refractivity contribution in [2.24, 2.45) is 0 Å². The minimum Gasteiger partial charge on any atom is -0.381 e. The first kappa shape index (κ1) is 13.0. The van der Waals surface area contributed by atoms with Gasteiger partial charge in [0.2, 0.25) is 0 Å². The summed E-state index contributed by atoms with van der Waals surface area (Å²) in [6, 6.07) is 8.40. The van der Waals surface area contributed by atoms with Crippen LogP contribution < -0.4 is 5.32 Å². The van der Waals surface area contributed by atoms with E-state index in [-0.39, 0.29) is 0 Å². The topological polar surface area (TPSA) is 29.9 Å². The normalized spacial score (nSPS) is 10.6. The summed E-state index contributed by atoms with van der Waals surface area (Å²) in [6.07, 6.45) is 4.89. The Hall–Kier alpha value is -1.48. The number of nitrogens with one attached hydrogen (secondary N) is 1. The first-order valence-electron chi connectivity index (χ1n) is 6.22. The Morgan fingerprint density at radius 1 is 1.22 bits per heavy atom. The summed E-state index contributed by atoms with van der Waals surface area (Å²) in [4.78, 5) is 0. The van der Waals surface area contributed by atoms with Crippen LogP contribution in [0.4, 0.5) is 5.69 Å². The number of rotatable bonds is 6. The predicted octanol–water partition coefficient (Wildman–Crippen LogP) is 3.30. The highest BCUT2D eigenvalue weighted by Crippen LogP contribution is 2.12. The van der Waals surface area contributed by atoms with Gasteiger partial charge in [0.25, 0.3) is 0 Å². The van der Waals surface area contributed by atoms with Gasteiger partial charge in [-0.15, -0.1) is 11.6 Å². The van der Waals surface area contributed by atoms with Gasteiger partial charge in [0.05, 0.1) is 6.20 Å². The lowest BCUT2D eigenvalue weighted by Gasteiger charge is -2.05. The molecule has 1 N–H and O–H groups in total. The van der Waals surface area contributed by atoms with Crippen LogP contribution in [-0.4, -0.2) is 15.7 Å². The van der Waals surface area contributed by atoms with Crippen molar-refractivity contribution in [3.63, 3.8) is 0 Å². The first-order chi connectivity index (χ1) is 8.81. The molecule has 2 aromatic rings. The van der Waals surface area contributed by atoms with Crippen LogP contribution >= 0.6 is 11.6 Å². The molecule has 4 heteroatoms. The fourth-order valence-corrected chi connectivity index (χ4v) is 1.99. The van der Waals surface area contributed by atoms with Crippen LogP contribution in [0.5, 0.6) is 0 Å². The average Bonchev–Trinajstić information content (AvgIpc) is 2.86. The van der Waals surface area contributed by atoms with Gasteiger partial charge in [-0.25, -0.2) is 0 Å². The van der Waals surface area contributed by atoms with Gasteiger partial charge in [-0.05, 0) is 31.0 Å². The average molecular weight is 264 g/mol. The van der Waals surface area contributed by atoms with E-state index in [1.807, 2.05) is 10.9 Å². The predicted molar refractivity (Wildman–Crippen MR) is 76.1 cm³/mol. The fourth-order valence-electron chi connectivity index (χ4n) is 1.77. The van der Waals surface area contributed by atoms with Gasteiger partial charge >= 0.3 is 0 Å². The number of hydrogen-bond donors (Lipinski definition) is 1. The van der Waals surface area contributed by atoms with Gasteiger partial charge in [-0.2, -0.15) is 5.10 Å². The van der Waals surface area contributed by atoms with Crippen molar-refractivity contribution in [2.45, 2.75) is 26.4 Å². The number of hydrogen-bond acceptors (Lipinski definition) is 2. The Balaban J connectivity index is 1.89. The van der Waals surface area contributed by atoms with Crippen molar-refractivity contribution in [3.8, 4) is 0 Å². The van der Waals surface area contributed by atoms with Crippen LogP contribution in [0.15, 0.2) is 36.7 Å². The van der Waals surface area contributed by atoms with Crippen molar-refractivity contribution < 1.29 is 0 Å². The van der Waals surface area contributed by atoms with E-state index in [2.05, 4.69) is 47.8 Å². The Kier molecular flexibility index (Phi) is 4.65. The summed E-state index contributed by atoms with van der Waals surface area (Å²) in [6.45, 7) is 3.79. The van der Waals surface area contributed by atoms with Crippen molar-refractivity contribution in [1.82, 2.24) is 9.78 Å². The highest BCUT2D eigenvalue weighted by molar-refractivity contribution is 6.17. The van der Waals surface area contributed by atoms with Crippen molar-refractivity contribution in [1.29, 1.82) is 0 Å². The molecule has 0 amide bonds. The summed E-state index contributed by atoms with van der Waals surface area (Å²) in [7, 11) is 0. The number of alkyl halides is 1. The summed E-state index contributed by atoms with van der Waals surface area (Å²) >= 11 is 5.71. The number of anilines is 1. The molecule has 1 aromatic heterocycles. The third-order valence-electron chi connectivity index (χ3n) is 2.84. The number of halogens is 1. The summed E-state index contributed by atoms with van der Waals surface area (Å²) in [5, 5.41) is 7.63. The summed E-state index contributed by atoms with van der Waals surface area (Å²) < 4.78 is 1.93. The number of aryl methyl sites for hydroxylation is 2. The Labute approximate surface area is 113 Å². The van der Waals surface area contributed by atoms with Gasteiger partial charge < -0.3 is 5.32 Å². The molecular weight excluding hydrogens is 246 g/mol. The second kappa shape index (κ2) is 6.45. The fraction of sp³-hybridized carbons (Fsp3) is 0.357. The first-order valence-corrected chi connectivity index (χ1v) is 6.75. The van der Waals surface area contributed by atoms with Gasteiger partial charge in [0.1, 0.15) is 0 Å². The quantitative estimate of drug-likeness (QED) is 0.811. The van der Waals surface area contributed by atoms with E-state index in [0.717, 1.165) is 25.2 Å². The van der Waals surface area contributed by atoms with Crippen molar-refractivity contribution >= 4 is 17.3 Å². The molecule has 0 saturated heterocycles. The van der Waals surface area contributed by atoms with Crippen LogP contribution in [0, 0.1) is 0 Å². The monoisotopic (exact) mass is 263 g/mol. The maximum atomic E-state index is 5.71. The van der Waals surface area contributed by atoms with E-state index < -0.39 is 0 Å². The number of nitrogens with zero attached hydrogens (tertiary/aromatic N) is 2. The smallest absolute Gasteiger partial charge is 0.0539 e. The molecule has 96 valence electrons. The zero-order chi connectivity index (χ0) is 12.8. The second-order valence-electron chi connectivity index (χ2n) is 4.19. The Bertz CT molecular complexity index is 476. The highest BCUT2D eigenvalue weighted by Gasteiger charge is 1.98. The maximum absolute atomic E-state index is 5.71. The van der Waals surface area contributed by atoms with E-state index in [4.69, 9.17) is 11.6 Å². The summed E-state index contributed by atoms with van der Waals surface area (Å²) in [5.41, 5.74) is 3.59. The molecule has 1 heterocycles. The SMILES string of the molecule is CCn1cc(CNc2ccc(CCCl)cc2)cn1. The molecule has 0 radical (unpaired) electrons. The molecule has 0 saturated carbocycles. The third kappa shape index (κ3) is 3.50. The molecule has 0 aliphatic rings. The number of aromatic nitrogens is 2. The molecule has 0 aliphatic carbocycles. The van der Waals surface area contributed by atoms with E-state index in [1.54, 1.807) is 0 Å². The van der Waals surface area contributed by atoms with Crippen molar-refractivity contribution in [2.75, 3.05) is 11.2 Å². The maximum Gasteiger partial charge on any atom is 0.0539 e. The molecule has 0 atom stereocenters. The lowest BCUT2D eigenvalue weighted by molar-refractivity contribution is 0.659. The van der Waals surface area contributed by atoms with Crippen LogP contribution in [0.1, 0.15) is 18.1 Å². The van der Waals surface area contributed by atoms with Crippen LogP contribution in [0.2, 0.25) is 0 Å². The molecule has 2 rings (SSSR count). The van der Waals surface area contributed by atoms with Crippen molar-refractivity contribution in [3.05, 3.63) is 47.8 Å². The molecule has 0 spiro atoms.